The van der Waals surface area contributed by atoms with E-state index >= 15 is 0 Å². The first kappa shape index (κ1) is 24.8. The molecule has 1 fully saturated rings. The van der Waals surface area contributed by atoms with Gasteiger partial charge >= 0.3 is 6.18 Å². The number of piperazine rings is 1. The van der Waals surface area contributed by atoms with Gasteiger partial charge in [-0.2, -0.15) is 13.2 Å². The Kier molecular flexibility index (Phi) is 8.90. The van der Waals surface area contributed by atoms with Gasteiger partial charge in [-0.1, -0.05) is 0 Å². The number of halogens is 3. The molecule has 180 valence electrons. The quantitative estimate of drug-likeness (QED) is 0.535. The van der Waals surface area contributed by atoms with Crippen LogP contribution in [0.1, 0.15) is 23.7 Å². The lowest BCUT2D eigenvalue weighted by atomic mass is 10.2. The van der Waals surface area contributed by atoms with Gasteiger partial charge in [-0.25, -0.2) is 4.98 Å². The molecule has 1 aliphatic heterocycles. The second-order valence-electron chi connectivity index (χ2n) is 7.64. The maximum Gasteiger partial charge on any atom is 0.411 e. The van der Waals surface area contributed by atoms with Crippen molar-refractivity contribution < 1.29 is 27.4 Å². The minimum atomic E-state index is -4.29. The highest BCUT2D eigenvalue weighted by Crippen LogP contribution is 2.23. The highest BCUT2D eigenvalue weighted by molar-refractivity contribution is 5.99. The zero-order chi connectivity index (χ0) is 23.7. The van der Waals surface area contributed by atoms with Gasteiger partial charge in [-0.05, 0) is 49.7 Å². The molecule has 0 unspecified atom stereocenters. The Morgan fingerprint density at radius 2 is 1.85 bits per heavy atom. The number of benzene rings is 1. The molecule has 33 heavy (non-hydrogen) atoms. The minimum Gasteiger partial charge on any atom is -0.494 e. The van der Waals surface area contributed by atoms with Crippen molar-refractivity contribution in [2.45, 2.75) is 19.5 Å². The van der Waals surface area contributed by atoms with Crippen LogP contribution in [-0.4, -0.2) is 79.4 Å². The fourth-order valence-electron chi connectivity index (χ4n) is 3.54. The maximum absolute atomic E-state index is 13.1. The third-order valence-corrected chi connectivity index (χ3v) is 5.15. The molecule has 0 atom stereocenters. The number of aromatic nitrogens is 1. The fraction of sp³-hybridized carbons (Fsp3) is 0.478. The number of amides is 1. The lowest BCUT2D eigenvalue weighted by molar-refractivity contribution is -0.174. The van der Waals surface area contributed by atoms with Crippen molar-refractivity contribution in [2.24, 2.45) is 0 Å². The van der Waals surface area contributed by atoms with Crippen molar-refractivity contribution in [3.05, 3.63) is 48.2 Å². The molecule has 1 aromatic heterocycles. The van der Waals surface area contributed by atoms with Gasteiger partial charge in [0.1, 0.15) is 18.2 Å². The van der Waals surface area contributed by atoms with Crippen LogP contribution >= 0.6 is 0 Å². The summed E-state index contributed by atoms with van der Waals surface area (Å²) >= 11 is 0. The topological polar surface area (TPSA) is 66.9 Å². The molecular formula is C23H29F3N4O3. The van der Waals surface area contributed by atoms with Gasteiger partial charge in [0.15, 0.2) is 0 Å². The van der Waals surface area contributed by atoms with Gasteiger partial charge in [0.25, 0.3) is 5.91 Å². The summed E-state index contributed by atoms with van der Waals surface area (Å²) in [6, 6.07) is 10.9. The number of anilines is 2. The summed E-state index contributed by atoms with van der Waals surface area (Å²) in [5.74, 6) is 1.14. The SMILES string of the molecule is CCOc1ccc(Nc2ncccc2C(=O)N2CCN(CCCOCC(F)(F)F)CC2)cc1. The third kappa shape index (κ3) is 7.90. The summed E-state index contributed by atoms with van der Waals surface area (Å²) in [5.41, 5.74) is 1.28. The number of alkyl halides is 3. The van der Waals surface area contributed by atoms with Crippen molar-refractivity contribution in [1.29, 1.82) is 0 Å². The van der Waals surface area contributed by atoms with Crippen molar-refractivity contribution >= 4 is 17.4 Å². The maximum atomic E-state index is 13.1. The zero-order valence-corrected chi connectivity index (χ0v) is 18.6. The van der Waals surface area contributed by atoms with Crippen molar-refractivity contribution in [2.75, 3.05) is 57.9 Å². The minimum absolute atomic E-state index is 0.0644. The average molecular weight is 467 g/mol. The Morgan fingerprint density at radius 1 is 1.12 bits per heavy atom. The van der Waals surface area contributed by atoms with Crippen LogP contribution in [-0.2, 0) is 4.74 Å². The van der Waals surface area contributed by atoms with Crippen molar-refractivity contribution in [3.8, 4) is 5.75 Å². The van der Waals surface area contributed by atoms with E-state index in [1.807, 2.05) is 31.2 Å². The Bertz CT molecular complexity index is 885. The standard InChI is InChI=1S/C23H29F3N4O3/c1-2-33-19-8-6-18(7-9-19)28-21-20(5-3-10-27-21)22(31)30-14-12-29(13-15-30)11-4-16-32-17-23(24,25)26/h3,5-10H,2,4,11-17H2,1H3,(H,27,28). The van der Waals surface area contributed by atoms with Gasteiger partial charge in [-0.15, -0.1) is 0 Å². The molecule has 1 aliphatic rings. The van der Waals surface area contributed by atoms with Crippen LogP contribution in [0.3, 0.4) is 0 Å². The van der Waals surface area contributed by atoms with Gasteiger partial charge < -0.3 is 19.7 Å². The molecule has 0 bridgehead atoms. The smallest absolute Gasteiger partial charge is 0.411 e. The Labute approximate surface area is 191 Å². The highest BCUT2D eigenvalue weighted by Gasteiger charge is 2.27. The lowest BCUT2D eigenvalue weighted by Crippen LogP contribution is -2.49. The largest absolute Gasteiger partial charge is 0.494 e. The van der Waals surface area contributed by atoms with Gasteiger partial charge in [0.2, 0.25) is 0 Å². The average Bonchev–Trinajstić information content (AvgIpc) is 2.80. The van der Waals surface area contributed by atoms with Crippen LogP contribution in [0.2, 0.25) is 0 Å². The number of carbonyl (C=O) groups is 1. The van der Waals surface area contributed by atoms with E-state index < -0.39 is 12.8 Å². The lowest BCUT2D eigenvalue weighted by Gasteiger charge is -2.35. The molecule has 1 N–H and O–H groups in total. The van der Waals surface area contributed by atoms with Crippen LogP contribution in [0, 0.1) is 0 Å². The first-order valence-corrected chi connectivity index (χ1v) is 11.0. The first-order chi connectivity index (χ1) is 15.9. The molecular weight excluding hydrogens is 437 g/mol. The molecule has 0 radical (unpaired) electrons. The van der Waals surface area contributed by atoms with Crippen LogP contribution < -0.4 is 10.1 Å². The number of hydrogen-bond acceptors (Lipinski definition) is 6. The van der Waals surface area contributed by atoms with E-state index in [1.54, 1.807) is 23.2 Å². The van der Waals surface area contributed by atoms with Crippen LogP contribution in [0.15, 0.2) is 42.6 Å². The number of carbonyl (C=O) groups excluding carboxylic acids is 1. The molecule has 2 heterocycles. The molecule has 1 amide bonds. The fourth-order valence-corrected chi connectivity index (χ4v) is 3.54. The monoisotopic (exact) mass is 466 g/mol. The van der Waals surface area contributed by atoms with E-state index in [4.69, 9.17) is 4.74 Å². The van der Waals surface area contributed by atoms with Gasteiger partial charge in [-0.3, -0.25) is 9.69 Å². The molecule has 7 nitrogen and oxygen atoms in total. The number of pyridine rings is 1. The van der Waals surface area contributed by atoms with E-state index in [0.717, 1.165) is 11.4 Å². The predicted molar refractivity (Wildman–Crippen MR) is 119 cm³/mol. The van der Waals surface area contributed by atoms with Gasteiger partial charge in [0, 0.05) is 51.2 Å². The molecule has 0 aliphatic carbocycles. The number of ether oxygens (including phenoxy) is 2. The first-order valence-electron chi connectivity index (χ1n) is 11.0. The van der Waals surface area contributed by atoms with Gasteiger partial charge in [0.05, 0.1) is 12.2 Å². The normalized spacial score (nSPS) is 14.8. The second kappa shape index (κ2) is 11.9. The van der Waals surface area contributed by atoms with E-state index in [0.29, 0.717) is 57.1 Å². The van der Waals surface area contributed by atoms with E-state index in [-0.39, 0.29) is 12.5 Å². The molecule has 1 saturated heterocycles. The number of rotatable bonds is 10. The zero-order valence-electron chi connectivity index (χ0n) is 18.6. The van der Waals surface area contributed by atoms with E-state index in [1.165, 1.54) is 0 Å². The molecule has 3 rings (SSSR count). The van der Waals surface area contributed by atoms with Crippen LogP contribution in [0.4, 0.5) is 24.7 Å². The molecule has 1 aromatic carbocycles. The van der Waals surface area contributed by atoms with Crippen LogP contribution in [0.5, 0.6) is 5.75 Å². The highest BCUT2D eigenvalue weighted by atomic mass is 19.4. The summed E-state index contributed by atoms with van der Waals surface area (Å²) in [6.07, 6.45) is -2.14. The second-order valence-corrected chi connectivity index (χ2v) is 7.64. The van der Waals surface area contributed by atoms with Crippen LogP contribution in [0.25, 0.3) is 0 Å². The summed E-state index contributed by atoms with van der Waals surface area (Å²) in [6.45, 7) is 4.40. The van der Waals surface area contributed by atoms with E-state index in [2.05, 4.69) is 19.9 Å². The Morgan fingerprint density at radius 3 is 2.52 bits per heavy atom. The third-order valence-electron chi connectivity index (χ3n) is 5.15. The molecule has 0 saturated carbocycles. The van der Waals surface area contributed by atoms with Crippen molar-refractivity contribution in [1.82, 2.24) is 14.8 Å². The summed E-state index contributed by atoms with van der Waals surface area (Å²) in [5, 5.41) is 3.20. The molecule has 10 heteroatoms. The Balaban J connectivity index is 1.50. The number of hydrogen-bond donors (Lipinski definition) is 1. The van der Waals surface area contributed by atoms with E-state index in [9.17, 15) is 18.0 Å². The summed E-state index contributed by atoms with van der Waals surface area (Å²) in [4.78, 5) is 21.4. The number of nitrogens with one attached hydrogen (secondary N) is 1. The molecule has 2 aromatic rings. The number of nitrogens with zero attached hydrogens (tertiary/aromatic N) is 3. The van der Waals surface area contributed by atoms with Crippen molar-refractivity contribution in [3.63, 3.8) is 0 Å². The molecule has 0 spiro atoms. The predicted octanol–water partition coefficient (Wildman–Crippen LogP) is 3.95. The Hall–Kier alpha value is -2.85. The summed E-state index contributed by atoms with van der Waals surface area (Å²) < 4.78 is 46.4. The summed E-state index contributed by atoms with van der Waals surface area (Å²) in [7, 11) is 0.